The van der Waals surface area contributed by atoms with Gasteiger partial charge in [0.05, 0.1) is 0 Å². The van der Waals surface area contributed by atoms with Crippen molar-refractivity contribution in [1.82, 2.24) is 0 Å². The Hall–Kier alpha value is 6.16. The van der Waals surface area contributed by atoms with Crippen molar-refractivity contribution >= 4 is 84.7 Å². The van der Waals surface area contributed by atoms with Crippen LogP contribution >= 0.6 is 46.9 Å². The molecule has 0 aromatic heterocycles. The Balaban J connectivity index is -0.000000113. The zero-order valence-electron chi connectivity index (χ0n) is 15.0. The maximum absolute atomic E-state index is 10.4. The summed E-state index contributed by atoms with van der Waals surface area (Å²) in [6.45, 7) is 0. The molecule has 0 bridgehead atoms. The van der Waals surface area contributed by atoms with E-state index in [1.54, 1.807) is 0 Å². The molecule has 2 aliphatic heterocycles. The summed E-state index contributed by atoms with van der Waals surface area (Å²) in [6, 6.07) is 0. The summed E-state index contributed by atoms with van der Waals surface area (Å²) in [5.41, 5.74) is 0. The van der Waals surface area contributed by atoms with E-state index >= 15 is 0 Å². The molecule has 0 atom stereocenters. The van der Waals surface area contributed by atoms with Gasteiger partial charge in [-0.2, -0.15) is 25.9 Å². The Bertz CT molecular complexity index is 598. The topological polar surface area (TPSA) is 279 Å². The summed E-state index contributed by atoms with van der Waals surface area (Å²) in [7, 11) is -29.9. The van der Waals surface area contributed by atoms with E-state index in [1.807, 2.05) is 0 Å². The molecule has 0 spiro atoms. The molecule has 2 fully saturated rings. The van der Waals surface area contributed by atoms with Gasteiger partial charge in [-0.1, -0.05) is 0 Å². The predicted molar refractivity (Wildman–Crippen MR) is 71.2 cm³/mol. The van der Waals surface area contributed by atoms with E-state index < -0.39 is 46.9 Å². The normalized spacial score (nSPS) is 45.7. The van der Waals surface area contributed by atoms with Crippen LogP contribution < -0.4 is 118 Å². The summed E-state index contributed by atoms with van der Waals surface area (Å²) < 4.78 is 83.2. The summed E-state index contributed by atoms with van der Waals surface area (Å²) in [5.74, 6) is 0. The quantitative estimate of drug-likeness (QED) is 0.109. The van der Waals surface area contributed by atoms with E-state index in [4.69, 9.17) is 29.4 Å². The molecule has 2 rings (SSSR count). The molecule has 29 heteroatoms. The van der Waals surface area contributed by atoms with Crippen LogP contribution in [0.2, 0.25) is 0 Å². The van der Waals surface area contributed by atoms with Gasteiger partial charge in [-0.15, -0.1) is 0 Å². The van der Waals surface area contributed by atoms with Crippen molar-refractivity contribution < 1.29 is 201 Å². The van der Waals surface area contributed by atoms with Gasteiger partial charge in [0.1, 0.15) is 0 Å². The second-order valence-corrected chi connectivity index (χ2v) is 12.8. The first-order valence-corrected chi connectivity index (χ1v) is 13.5. The first-order valence-electron chi connectivity index (χ1n) is 4.49. The van der Waals surface area contributed by atoms with Crippen molar-refractivity contribution in [3.63, 3.8) is 0 Å². The molecule has 6 N–H and O–H groups in total. The summed E-state index contributed by atoms with van der Waals surface area (Å²) >= 11 is 0. The van der Waals surface area contributed by atoms with Crippen LogP contribution in [-0.4, -0.2) is 67.1 Å². The second-order valence-electron chi connectivity index (χ2n) is 3.30. The molecule has 0 aliphatic carbocycles. The number of hydrogen-bond acceptors (Lipinski definition) is 12. The molecule has 18 nitrogen and oxygen atoms in total. The Morgan fingerprint density at radius 3 is 0.483 bits per heavy atom. The molecule has 0 aromatic carbocycles. The average Bonchev–Trinajstić information content (AvgIpc) is 1.97. The van der Waals surface area contributed by atoms with Crippen LogP contribution in [0.4, 0.5) is 0 Å². The maximum Gasteiger partial charge on any atom is 2.00 e. The van der Waals surface area contributed by atoms with E-state index in [0.717, 1.165) is 0 Å². The first kappa shape index (κ1) is 45.1. The van der Waals surface area contributed by atoms with Gasteiger partial charge in [-0.05, 0) is 0 Å². The van der Waals surface area contributed by atoms with Gasteiger partial charge >= 0.3 is 203 Å². The minimum absolute atomic E-state index is 0. The van der Waals surface area contributed by atoms with Gasteiger partial charge in [0.15, 0.2) is 0 Å². The van der Waals surface area contributed by atoms with Gasteiger partial charge in [0, 0.05) is 0 Å². The molecule has 144 valence electrons. The third-order valence-electron chi connectivity index (χ3n) is 1.24. The fraction of sp³-hybridized carbons (Fsp3) is 0. The van der Waals surface area contributed by atoms with Crippen LogP contribution in [0.25, 0.3) is 0 Å². The van der Waals surface area contributed by atoms with Crippen molar-refractivity contribution in [3.05, 3.63) is 0 Å². The average molecular weight is 612 g/mol. The molecule has 2 saturated heterocycles. The fourth-order valence-electron chi connectivity index (χ4n) is 0.872. The molecule has 0 radical (unpaired) electrons. The second kappa shape index (κ2) is 16.2. The fourth-order valence-corrected chi connectivity index (χ4v) is 9.46. The van der Waals surface area contributed by atoms with Gasteiger partial charge in [0.2, 0.25) is 0 Å². The molecular formula is H6CaNa4O18P6+6. The van der Waals surface area contributed by atoms with E-state index in [-0.39, 0.29) is 156 Å². The zero-order valence-corrected chi connectivity index (χ0v) is 30.5. The Morgan fingerprint density at radius 2 is 0.414 bits per heavy atom. The van der Waals surface area contributed by atoms with Crippen LogP contribution in [-0.2, 0) is 53.3 Å². The van der Waals surface area contributed by atoms with Crippen LogP contribution in [0.15, 0.2) is 0 Å². The standard InChI is InChI=1S/Ca.4Na.2H3O9P3/c;;;;;2*1-10(2)7-11(3,4)9-12(5,6)8-10/h;;;;;2*(H,1,2)(H,3,4)(H,5,6)/q+2;4*+1;;. The maximum atomic E-state index is 10.4. The number of rotatable bonds is 0. The van der Waals surface area contributed by atoms with E-state index in [1.165, 1.54) is 0 Å². The largest absolute Gasteiger partial charge is 2.00 e. The summed E-state index contributed by atoms with van der Waals surface area (Å²) in [4.78, 5) is 50.5. The molecule has 0 saturated carbocycles. The van der Waals surface area contributed by atoms with Crippen molar-refractivity contribution in [2.75, 3.05) is 0 Å². The van der Waals surface area contributed by atoms with E-state index in [9.17, 15) is 27.4 Å². The van der Waals surface area contributed by atoms with Crippen LogP contribution in [0, 0.1) is 0 Å². The van der Waals surface area contributed by atoms with Gasteiger partial charge in [0.25, 0.3) is 0 Å². The number of hydrogen-bond donors (Lipinski definition) is 6. The third kappa shape index (κ3) is 19.9. The molecular weight excluding hydrogens is 606 g/mol. The number of phosphoric acid groups is 6. The monoisotopic (exact) mass is 612 g/mol. The van der Waals surface area contributed by atoms with Gasteiger partial charge in [-0.3, -0.25) is 0 Å². The molecule has 2 heterocycles. The predicted octanol–water partition coefficient (Wildman–Crippen LogP) is -11.7. The molecule has 29 heavy (non-hydrogen) atoms. The SMILES string of the molecule is O=P1(O)OP(=O)(O)OP(=O)(O)O1.O=P1(O)OP(=O)(O)OP(=O)(O)O1.[Ca+2].[Na+].[Na+].[Na+].[Na+]. The van der Waals surface area contributed by atoms with E-state index in [0.29, 0.717) is 0 Å². The Morgan fingerprint density at radius 1 is 0.345 bits per heavy atom. The smallest absolute Gasteiger partial charge is 0.302 e. The molecule has 0 aromatic rings. The van der Waals surface area contributed by atoms with Gasteiger partial charge < -0.3 is 29.4 Å². The molecule has 0 amide bonds. The van der Waals surface area contributed by atoms with Gasteiger partial charge in [-0.25, -0.2) is 27.4 Å². The summed E-state index contributed by atoms with van der Waals surface area (Å²) in [5, 5.41) is 0. The zero-order chi connectivity index (χ0) is 19.2. The Labute approximate surface area is 280 Å². The first-order chi connectivity index (χ1) is 10.2. The minimum Gasteiger partial charge on any atom is -0.302 e. The third-order valence-corrected chi connectivity index (χ3v) is 11.1. The summed E-state index contributed by atoms with van der Waals surface area (Å²) in [6.07, 6.45) is 0. The van der Waals surface area contributed by atoms with Crippen molar-refractivity contribution in [2.45, 2.75) is 0 Å². The molecule has 2 aliphatic rings. The van der Waals surface area contributed by atoms with Crippen molar-refractivity contribution in [3.8, 4) is 0 Å². The Kier molecular flexibility index (Phi) is 25.2. The van der Waals surface area contributed by atoms with Crippen LogP contribution in [0.5, 0.6) is 0 Å². The van der Waals surface area contributed by atoms with Crippen molar-refractivity contribution in [1.29, 1.82) is 0 Å². The minimum atomic E-state index is -4.98. The van der Waals surface area contributed by atoms with E-state index in [2.05, 4.69) is 25.9 Å². The van der Waals surface area contributed by atoms with Crippen LogP contribution in [0.3, 0.4) is 0 Å². The van der Waals surface area contributed by atoms with Crippen molar-refractivity contribution in [2.24, 2.45) is 0 Å². The molecule has 0 unspecified atom stereocenters. The van der Waals surface area contributed by atoms with Crippen LogP contribution in [0.1, 0.15) is 0 Å².